The predicted octanol–water partition coefficient (Wildman–Crippen LogP) is 23.0. The summed E-state index contributed by atoms with van der Waals surface area (Å²) in [4.78, 5) is 72.9. The van der Waals surface area contributed by atoms with E-state index in [1.54, 1.807) is 0 Å². The van der Waals surface area contributed by atoms with Crippen molar-refractivity contribution in [3.8, 4) is 0 Å². The van der Waals surface area contributed by atoms with Crippen LogP contribution in [0.2, 0.25) is 0 Å². The lowest BCUT2D eigenvalue weighted by molar-refractivity contribution is -0.161. The summed E-state index contributed by atoms with van der Waals surface area (Å²) in [6.07, 6.45) is 55.4. The van der Waals surface area contributed by atoms with E-state index in [0.29, 0.717) is 25.7 Å². The fourth-order valence-corrected chi connectivity index (χ4v) is 13.5. The molecular weight excluding hydrogens is 1270 g/mol. The smallest absolute Gasteiger partial charge is 0.462 e. The van der Waals surface area contributed by atoms with Gasteiger partial charge < -0.3 is 33.8 Å². The summed E-state index contributed by atoms with van der Waals surface area (Å²) in [6, 6.07) is 0. The Bertz CT molecular complexity index is 1890. The van der Waals surface area contributed by atoms with Crippen molar-refractivity contribution < 1.29 is 80.2 Å². The minimum atomic E-state index is -4.96. The van der Waals surface area contributed by atoms with Crippen molar-refractivity contribution in [3.05, 3.63) is 0 Å². The first-order valence-electron chi connectivity index (χ1n) is 40.3. The summed E-state index contributed by atoms with van der Waals surface area (Å²) in [7, 11) is -9.91. The predicted molar refractivity (Wildman–Crippen MR) is 395 cm³/mol. The zero-order valence-electron chi connectivity index (χ0n) is 63.5. The minimum absolute atomic E-state index is 0.106. The van der Waals surface area contributed by atoms with Gasteiger partial charge in [0.1, 0.15) is 19.3 Å². The molecule has 0 aromatic heterocycles. The number of rotatable bonds is 76. The van der Waals surface area contributed by atoms with Crippen LogP contribution in [-0.2, 0) is 65.4 Å². The van der Waals surface area contributed by atoms with Gasteiger partial charge in [-0.2, -0.15) is 0 Å². The van der Waals surface area contributed by atoms with Crippen molar-refractivity contribution in [1.82, 2.24) is 0 Å². The van der Waals surface area contributed by atoms with E-state index in [1.807, 2.05) is 0 Å². The normalized spacial score (nSPS) is 14.0. The molecule has 0 saturated heterocycles. The summed E-state index contributed by atoms with van der Waals surface area (Å²) in [6.45, 7) is 12.0. The van der Waals surface area contributed by atoms with Gasteiger partial charge in [0, 0.05) is 25.7 Å². The van der Waals surface area contributed by atoms with Crippen LogP contribution in [0.1, 0.15) is 402 Å². The number of ether oxygens (including phenoxy) is 4. The lowest BCUT2D eigenvalue weighted by Gasteiger charge is -2.21. The maximum Gasteiger partial charge on any atom is 0.472 e. The van der Waals surface area contributed by atoms with Crippen LogP contribution in [0.15, 0.2) is 0 Å². The van der Waals surface area contributed by atoms with E-state index in [-0.39, 0.29) is 25.7 Å². The van der Waals surface area contributed by atoms with Crippen molar-refractivity contribution in [3.63, 3.8) is 0 Å². The number of aliphatic hydroxyl groups excluding tert-OH is 1. The number of unbranched alkanes of at least 4 members (excludes halogenated alkanes) is 44. The molecule has 0 aliphatic rings. The molecule has 97 heavy (non-hydrogen) atoms. The fraction of sp³-hybridized carbons (Fsp3) is 0.949. The maximum atomic E-state index is 13.1. The van der Waals surface area contributed by atoms with Gasteiger partial charge in [0.05, 0.1) is 26.4 Å². The lowest BCUT2D eigenvalue weighted by Crippen LogP contribution is -2.30. The molecule has 0 heterocycles. The molecule has 17 nitrogen and oxygen atoms in total. The molecule has 0 bridgehead atoms. The van der Waals surface area contributed by atoms with Gasteiger partial charge in [0.15, 0.2) is 12.2 Å². The average Bonchev–Trinajstić information content (AvgIpc) is 1.18. The van der Waals surface area contributed by atoms with Crippen molar-refractivity contribution >= 4 is 39.5 Å². The highest BCUT2D eigenvalue weighted by molar-refractivity contribution is 7.47. The Balaban J connectivity index is 5.25. The second-order valence-electron chi connectivity index (χ2n) is 29.5. The van der Waals surface area contributed by atoms with Gasteiger partial charge in [-0.15, -0.1) is 0 Å². The van der Waals surface area contributed by atoms with E-state index < -0.39 is 97.5 Å². The minimum Gasteiger partial charge on any atom is -0.462 e. The highest BCUT2D eigenvalue weighted by atomic mass is 31.2. The van der Waals surface area contributed by atoms with E-state index in [1.165, 1.54) is 212 Å². The Morgan fingerprint density at radius 3 is 0.701 bits per heavy atom. The quantitative estimate of drug-likeness (QED) is 0.0222. The zero-order chi connectivity index (χ0) is 71.6. The van der Waals surface area contributed by atoms with Crippen LogP contribution in [0.3, 0.4) is 0 Å². The first kappa shape index (κ1) is 95.1. The van der Waals surface area contributed by atoms with Crippen molar-refractivity contribution in [2.75, 3.05) is 39.6 Å². The van der Waals surface area contributed by atoms with E-state index in [2.05, 4.69) is 48.5 Å². The number of aliphatic hydroxyl groups is 1. The van der Waals surface area contributed by atoms with Gasteiger partial charge in [-0.05, 0) is 43.4 Å². The summed E-state index contributed by atoms with van der Waals surface area (Å²) in [5.74, 6) is 0.236. The Morgan fingerprint density at radius 2 is 0.474 bits per heavy atom. The summed E-state index contributed by atoms with van der Waals surface area (Å²) in [5.41, 5.74) is 0. The van der Waals surface area contributed by atoms with Crippen LogP contribution in [0.4, 0.5) is 0 Å². The van der Waals surface area contributed by atoms with E-state index in [0.717, 1.165) is 108 Å². The molecule has 0 aromatic carbocycles. The molecule has 0 aliphatic carbocycles. The Labute approximate surface area is 594 Å². The number of hydrogen-bond acceptors (Lipinski definition) is 15. The Kier molecular flexibility index (Phi) is 67.1. The molecule has 19 heteroatoms. The highest BCUT2D eigenvalue weighted by Crippen LogP contribution is 2.45. The first-order chi connectivity index (χ1) is 46.7. The molecule has 0 aromatic rings. The average molecular weight is 1420 g/mol. The monoisotopic (exact) mass is 1420 g/mol. The van der Waals surface area contributed by atoms with Crippen LogP contribution in [0.5, 0.6) is 0 Å². The molecule has 5 atom stereocenters. The molecule has 3 N–H and O–H groups in total. The number of carbonyl (C=O) groups excluding carboxylic acids is 4. The Hall–Kier alpha value is -1.94. The van der Waals surface area contributed by atoms with Gasteiger partial charge >= 0.3 is 39.5 Å². The number of hydrogen-bond donors (Lipinski definition) is 3. The molecule has 0 fully saturated rings. The lowest BCUT2D eigenvalue weighted by atomic mass is 10.0. The standard InChI is InChI=1S/C78H152O17P2/c1-8-9-10-11-12-13-31-38-45-52-59-75(80)88-65-73(95-78(83)62-55-48-41-34-27-21-24-30-37-44-51-58-71(6)7)67-92-96(84,85)90-63-72(79)64-91-97(86,87)93-68-74(66-89-76(81)60-53-46-39-32-25-20-19-23-29-36-43-50-57-70(4)5)94-77(82)61-54-47-40-33-26-18-16-14-15-17-22-28-35-42-49-56-69(2)3/h69-74,79H,8-68H2,1-7H3,(H,84,85)(H,86,87)/t72-,73+,74+/m0/s1. The molecule has 0 radical (unpaired) electrons. The number of esters is 4. The molecule has 0 amide bonds. The van der Waals surface area contributed by atoms with Crippen molar-refractivity contribution in [1.29, 1.82) is 0 Å². The number of phosphoric ester groups is 2. The second kappa shape index (κ2) is 68.5. The molecule has 0 saturated carbocycles. The maximum absolute atomic E-state index is 13.1. The third-order valence-electron chi connectivity index (χ3n) is 18.1. The van der Waals surface area contributed by atoms with Crippen molar-refractivity contribution in [2.24, 2.45) is 17.8 Å². The van der Waals surface area contributed by atoms with Crippen LogP contribution >= 0.6 is 15.6 Å². The van der Waals surface area contributed by atoms with Gasteiger partial charge in [-0.1, -0.05) is 350 Å². The largest absolute Gasteiger partial charge is 0.472 e. The van der Waals surface area contributed by atoms with Crippen LogP contribution in [-0.4, -0.2) is 96.7 Å². The van der Waals surface area contributed by atoms with Gasteiger partial charge in [0.25, 0.3) is 0 Å². The fourth-order valence-electron chi connectivity index (χ4n) is 12.0. The number of phosphoric acid groups is 2. The van der Waals surface area contributed by atoms with E-state index in [9.17, 15) is 43.2 Å². The van der Waals surface area contributed by atoms with Gasteiger partial charge in [-0.25, -0.2) is 9.13 Å². The van der Waals surface area contributed by atoms with Crippen LogP contribution < -0.4 is 0 Å². The second-order valence-corrected chi connectivity index (χ2v) is 32.4. The Morgan fingerprint density at radius 1 is 0.278 bits per heavy atom. The molecule has 576 valence electrons. The summed E-state index contributed by atoms with van der Waals surface area (Å²) >= 11 is 0. The van der Waals surface area contributed by atoms with Gasteiger partial charge in [0.2, 0.25) is 0 Å². The summed E-state index contributed by atoms with van der Waals surface area (Å²) in [5, 5.41) is 10.6. The van der Waals surface area contributed by atoms with Gasteiger partial charge in [-0.3, -0.25) is 37.3 Å². The summed E-state index contributed by atoms with van der Waals surface area (Å²) < 4.78 is 68.6. The van der Waals surface area contributed by atoms with Crippen LogP contribution in [0.25, 0.3) is 0 Å². The van der Waals surface area contributed by atoms with E-state index >= 15 is 0 Å². The zero-order valence-corrected chi connectivity index (χ0v) is 65.3. The third-order valence-corrected chi connectivity index (χ3v) is 20.0. The first-order valence-corrected chi connectivity index (χ1v) is 43.3. The molecular formula is C78H152O17P2. The molecule has 2 unspecified atom stereocenters. The number of carbonyl (C=O) groups is 4. The molecule has 0 spiro atoms. The topological polar surface area (TPSA) is 237 Å². The van der Waals surface area contributed by atoms with Crippen molar-refractivity contribution in [2.45, 2.75) is 420 Å². The highest BCUT2D eigenvalue weighted by Gasteiger charge is 2.30. The molecule has 0 aliphatic heterocycles. The van der Waals surface area contributed by atoms with Crippen LogP contribution in [0, 0.1) is 17.8 Å². The SMILES string of the molecule is CCCCCCCCCCCCC(=O)OC[C@H](COP(=O)(O)OC[C@H](O)COP(=O)(O)OC[C@@H](COC(=O)CCCCCCCCCCCCCCC(C)C)OC(=O)CCCCCCCCCCCCCCCCCC(C)C)OC(=O)CCCCCCCCCCCCCC(C)C. The molecule has 0 rings (SSSR count). The van der Waals surface area contributed by atoms with E-state index in [4.69, 9.17) is 37.0 Å². The third kappa shape index (κ3) is 72.2.